The third-order valence-corrected chi connectivity index (χ3v) is 20.4. The van der Waals surface area contributed by atoms with Crippen molar-refractivity contribution in [3.63, 3.8) is 0 Å². The van der Waals surface area contributed by atoms with Gasteiger partial charge in [0.25, 0.3) is 0 Å². The average Bonchev–Trinajstić information content (AvgIpc) is 1.56. The lowest BCUT2D eigenvalue weighted by Crippen LogP contribution is -2.15. The van der Waals surface area contributed by atoms with Crippen LogP contribution in [0.2, 0.25) is 0 Å². The summed E-state index contributed by atoms with van der Waals surface area (Å²) in [5, 5.41) is 6.11. The van der Waals surface area contributed by atoms with Crippen LogP contribution < -0.4 is 17.0 Å². The fourth-order valence-corrected chi connectivity index (χ4v) is 15.5. The molecule has 0 amide bonds. The number of fused-ring (bicyclic) bond motifs is 9. The summed E-state index contributed by atoms with van der Waals surface area (Å²) in [4.78, 5) is 4.43. The standard InChI is InChI=1S/C34H31NS.C17H19N.C15H16O.C6H8.10C2H6.H4N2/c1-36(28-13-4-2-5-14-28,29-15-6-3-7-16-29)30-22-32-31-17-8-9-18-33(31)35(34(32)23-30)24-25-19-20-27(21-25)26-11-10-12-26;1-12-6-4-5-7-14-15(18-12)9-8-13-10-11-17(2,3)16(13)14;1-9(2)14-10(3)7-8-12-11-5-4-6-13(11)16-15(12)14;1-6-4-2-3-5-6;11*1-2/h2-11,13-20,23,26H,12,21-22,24H2,1H3;4-9,18H,1,10-11H2,2-3H3;4,6-9H,5H2,1-3H3;2-4H,5H2,1H3;10*1-2H3;1-2H2/b;6-4-,7-5?;;;;;;;;;;;;;. The van der Waals surface area contributed by atoms with Crippen molar-refractivity contribution in [2.75, 3.05) is 11.6 Å². The number of benzene rings is 5. The predicted octanol–water partition coefficient (Wildman–Crippen LogP) is 28.7. The van der Waals surface area contributed by atoms with E-state index in [1.54, 1.807) is 10.5 Å². The molecule has 14 rings (SSSR count). The van der Waals surface area contributed by atoms with E-state index in [-0.39, 0.29) is 5.41 Å². The maximum atomic E-state index is 6.00. The minimum absolute atomic E-state index is 0.275. The highest BCUT2D eigenvalue weighted by molar-refractivity contribution is 8.36. The Labute approximate surface area is 603 Å². The molecule has 7 aliphatic rings. The SMILES string of the molecule is C=C1/C=C\C=Cc2c(ccc3c2C(C)(C)CC3)N1.CC.CC.CC.CC.CC.CC.CC.CC.CC.CC.CC1=CC=CC1.CS(C1=Cc2c(c3ccccc3n2CC2=CC=C(C3C=CC3)C2)C1)(c1ccccc1)c1ccccc1.Cc1ccc2c3c(oc2c1C(C)C)C=CC3.NN. The van der Waals surface area contributed by atoms with E-state index < -0.39 is 10.0 Å². The van der Waals surface area contributed by atoms with Crippen LogP contribution in [-0.2, 0) is 31.2 Å². The first-order valence-corrected chi connectivity index (χ1v) is 40.0. The zero-order valence-electron chi connectivity index (χ0n) is 66.9. The Bertz CT molecular complexity index is 3640. The van der Waals surface area contributed by atoms with Crippen LogP contribution in [0.4, 0.5) is 5.69 Å². The Hall–Kier alpha value is -7.35. The molecule has 2 aromatic heterocycles. The molecule has 538 valence electrons. The summed E-state index contributed by atoms with van der Waals surface area (Å²) >= 11 is 0. The molecule has 0 fully saturated rings. The molecule has 3 heterocycles. The van der Waals surface area contributed by atoms with Gasteiger partial charge in [-0.05, 0) is 167 Å². The van der Waals surface area contributed by atoms with Crippen LogP contribution in [0.15, 0.2) is 224 Å². The normalized spacial score (nSPS) is 15.0. The van der Waals surface area contributed by atoms with Crippen LogP contribution in [0, 0.1) is 12.8 Å². The van der Waals surface area contributed by atoms with Crippen molar-refractivity contribution in [1.29, 1.82) is 0 Å². The number of nitrogens with zero attached hydrogens (tertiary/aromatic N) is 1. The number of aryl methyl sites for hydroxylation is 2. The zero-order chi connectivity index (χ0) is 74.6. The first-order valence-electron chi connectivity index (χ1n) is 38.0. The quantitative estimate of drug-likeness (QED) is 0.0844. The molecule has 5 N–H and O–H groups in total. The minimum Gasteiger partial charge on any atom is -0.456 e. The average molecular weight is 1350 g/mol. The third-order valence-electron chi connectivity index (χ3n) is 16.7. The van der Waals surface area contributed by atoms with Crippen LogP contribution in [0.3, 0.4) is 0 Å². The lowest BCUT2D eigenvalue weighted by Gasteiger charge is -2.38. The van der Waals surface area contributed by atoms with Gasteiger partial charge in [0, 0.05) is 68.9 Å². The van der Waals surface area contributed by atoms with Crippen molar-refractivity contribution >= 4 is 55.8 Å². The summed E-state index contributed by atoms with van der Waals surface area (Å²) in [6, 6.07) is 40.2. The largest absolute Gasteiger partial charge is 0.456 e. The van der Waals surface area contributed by atoms with Gasteiger partial charge in [-0.3, -0.25) is 11.7 Å². The summed E-state index contributed by atoms with van der Waals surface area (Å²) in [6.07, 6.45) is 41.4. The maximum absolute atomic E-state index is 6.00. The molecule has 0 radical (unpaired) electrons. The van der Waals surface area contributed by atoms with Crippen LogP contribution >= 0.6 is 10.0 Å². The van der Waals surface area contributed by atoms with E-state index >= 15 is 0 Å². The molecule has 7 aromatic rings. The van der Waals surface area contributed by atoms with Crippen molar-refractivity contribution in [3.05, 3.63) is 260 Å². The van der Waals surface area contributed by atoms with Gasteiger partial charge < -0.3 is 14.3 Å². The number of rotatable bonds is 7. The topological polar surface area (TPSA) is 82.1 Å². The van der Waals surface area contributed by atoms with E-state index in [0.717, 1.165) is 42.8 Å². The number of anilines is 1. The van der Waals surface area contributed by atoms with Gasteiger partial charge in [0.1, 0.15) is 11.3 Å². The van der Waals surface area contributed by atoms with Crippen LogP contribution in [0.5, 0.6) is 0 Å². The highest BCUT2D eigenvalue weighted by Gasteiger charge is 2.35. The molecule has 5 aromatic carbocycles. The van der Waals surface area contributed by atoms with E-state index in [0.29, 0.717) is 11.8 Å². The number of allylic oxidation sites excluding steroid dienone is 15. The van der Waals surface area contributed by atoms with Crippen molar-refractivity contribution in [3.8, 4) is 0 Å². The summed E-state index contributed by atoms with van der Waals surface area (Å²) in [7, 11) is -1.33. The number of hydrogen-bond acceptors (Lipinski definition) is 4. The fraction of sp³-hybridized carbons (Fsp3) is 0.413. The van der Waals surface area contributed by atoms with E-state index in [9.17, 15) is 0 Å². The van der Waals surface area contributed by atoms with Gasteiger partial charge >= 0.3 is 0 Å². The summed E-state index contributed by atoms with van der Waals surface area (Å²) in [6.45, 7) is 58.4. The molecular weight excluding hydrogens is 1210 g/mol. The van der Waals surface area contributed by atoms with Crippen molar-refractivity contribution in [1.82, 2.24) is 4.57 Å². The molecule has 5 nitrogen and oxygen atoms in total. The number of hydrazine groups is 1. The van der Waals surface area contributed by atoms with E-state index in [4.69, 9.17) is 4.42 Å². The summed E-state index contributed by atoms with van der Waals surface area (Å²) < 4.78 is 8.59. The van der Waals surface area contributed by atoms with Crippen molar-refractivity contribution in [2.45, 2.75) is 253 Å². The Kier molecular flexibility index (Phi) is 46.3. The van der Waals surface area contributed by atoms with Gasteiger partial charge in [-0.2, -0.15) is 10.0 Å². The van der Waals surface area contributed by atoms with Crippen molar-refractivity contribution < 1.29 is 4.42 Å². The van der Waals surface area contributed by atoms with E-state index in [2.05, 4.69) is 258 Å². The Balaban J connectivity index is 0.00000129. The molecular formula is C92H138N4OS. The number of para-hydroxylation sites is 1. The van der Waals surface area contributed by atoms with Crippen LogP contribution in [-0.4, -0.2) is 10.8 Å². The smallest absolute Gasteiger partial charge is 0.138 e. The summed E-state index contributed by atoms with van der Waals surface area (Å²) in [5.41, 5.74) is 20.7. The monoisotopic (exact) mass is 1350 g/mol. The fourth-order valence-electron chi connectivity index (χ4n) is 12.4. The van der Waals surface area contributed by atoms with Gasteiger partial charge in [0.05, 0.1) is 0 Å². The number of hydrogen-bond donors (Lipinski definition) is 3. The highest BCUT2D eigenvalue weighted by Crippen LogP contribution is 2.68. The predicted molar refractivity (Wildman–Crippen MR) is 450 cm³/mol. The first-order chi connectivity index (χ1) is 47.9. The molecule has 1 aliphatic heterocycles. The van der Waals surface area contributed by atoms with Gasteiger partial charge in [-0.15, -0.1) is 0 Å². The van der Waals surface area contributed by atoms with E-state index in [1.165, 1.54) is 113 Å². The molecule has 6 aliphatic carbocycles. The van der Waals surface area contributed by atoms with Crippen LogP contribution in [0.25, 0.3) is 40.1 Å². The van der Waals surface area contributed by atoms with Gasteiger partial charge in [0.15, 0.2) is 0 Å². The van der Waals surface area contributed by atoms with Gasteiger partial charge in [-0.1, -0.05) is 324 Å². The molecule has 6 heteroatoms. The number of nitrogens with one attached hydrogen (secondary N) is 1. The molecule has 1 unspecified atom stereocenters. The Morgan fingerprint density at radius 2 is 1.18 bits per heavy atom. The maximum Gasteiger partial charge on any atom is 0.138 e. The van der Waals surface area contributed by atoms with Gasteiger partial charge in [-0.25, -0.2) is 0 Å². The minimum atomic E-state index is -1.33. The molecule has 98 heavy (non-hydrogen) atoms. The molecule has 0 spiro atoms. The molecule has 0 saturated carbocycles. The lowest BCUT2D eigenvalue weighted by molar-refractivity contribution is 0.522. The first kappa shape index (κ1) is 90.6. The van der Waals surface area contributed by atoms with E-state index in [1.807, 2.05) is 151 Å². The Morgan fingerprint density at radius 3 is 1.71 bits per heavy atom. The number of nitrogens with two attached hydrogens (primary N) is 2. The second-order valence-corrected chi connectivity index (χ2v) is 26.0. The molecule has 0 bridgehead atoms. The van der Waals surface area contributed by atoms with Crippen molar-refractivity contribution in [2.24, 2.45) is 17.6 Å². The summed E-state index contributed by atoms with van der Waals surface area (Å²) in [5.74, 6) is 10.2. The third kappa shape index (κ3) is 23.4. The van der Waals surface area contributed by atoms with Crippen LogP contribution in [0.1, 0.15) is 255 Å². The number of furan rings is 1. The Morgan fingerprint density at radius 1 is 0.612 bits per heavy atom. The molecule has 0 saturated heterocycles. The molecule has 1 atom stereocenters. The zero-order valence-corrected chi connectivity index (χ0v) is 67.7. The van der Waals surface area contributed by atoms with Gasteiger partial charge in [0.2, 0.25) is 0 Å². The highest BCUT2D eigenvalue weighted by atomic mass is 32.3. The second kappa shape index (κ2) is 50.0. The number of aromatic nitrogens is 1. The second-order valence-electron chi connectivity index (χ2n) is 22.7. The lowest BCUT2D eigenvalue weighted by atomic mass is 9.82.